The van der Waals surface area contributed by atoms with Crippen LogP contribution in [0.25, 0.3) is 44.8 Å². The second-order valence-electron chi connectivity index (χ2n) is 23.4. The van der Waals surface area contributed by atoms with Crippen LogP contribution in [0.1, 0.15) is 148 Å². The van der Waals surface area contributed by atoms with Crippen LogP contribution in [0.4, 0.5) is 0 Å². The highest BCUT2D eigenvalue weighted by Gasteiger charge is 2.53. The van der Waals surface area contributed by atoms with Gasteiger partial charge in [-0.15, -0.1) is 0 Å². The van der Waals surface area contributed by atoms with E-state index in [0.717, 1.165) is 63.6 Å². The van der Waals surface area contributed by atoms with Gasteiger partial charge in [-0.1, -0.05) is 134 Å². The van der Waals surface area contributed by atoms with Crippen LogP contribution >= 0.6 is 0 Å². The highest BCUT2D eigenvalue weighted by atomic mass is 16.3. The van der Waals surface area contributed by atoms with Crippen LogP contribution in [0.3, 0.4) is 0 Å². The number of phenolic OH excluding ortho intramolecular Hbond substituents is 1. The second-order valence-corrected chi connectivity index (χ2v) is 23.4. The third-order valence-corrected chi connectivity index (χ3v) is 16.4. The van der Waals surface area contributed by atoms with Gasteiger partial charge in [0.15, 0.2) is 0 Å². The Morgan fingerprint density at radius 3 is 1.53 bits per heavy atom. The zero-order chi connectivity index (χ0) is 41.8. The summed E-state index contributed by atoms with van der Waals surface area (Å²) in [6, 6.07) is 36.5. The molecule has 11 rings (SSSR count). The minimum absolute atomic E-state index is 0.0313. The van der Waals surface area contributed by atoms with Crippen molar-refractivity contribution in [1.82, 2.24) is 4.98 Å². The normalized spacial score (nSPS) is 29.8. The molecule has 5 aromatic rings. The summed E-state index contributed by atoms with van der Waals surface area (Å²) in [7, 11) is 0. The Morgan fingerprint density at radius 2 is 0.967 bits per heavy atom. The van der Waals surface area contributed by atoms with Crippen molar-refractivity contribution in [3.05, 3.63) is 119 Å². The number of hydrogen-bond acceptors (Lipinski definition) is 2. The number of rotatable bonds is 6. The van der Waals surface area contributed by atoms with E-state index in [1.54, 1.807) is 5.56 Å². The van der Waals surface area contributed by atoms with Crippen LogP contribution in [0.2, 0.25) is 0 Å². The lowest BCUT2D eigenvalue weighted by Crippen LogP contribution is -2.48. The summed E-state index contributed by atoms with van der Waals surface area (Å²) in [5.41, 5.74) is 14.6. The Hall–Kier alpha value is -4.17. The predicted molar refractivity (Wildman–Crippen MR) is 251 cm³/mol. The number of nitrogens with zero attached hydrogens (tertiary/aromatic N) is 1. The molecule has 2 nitrogen and oxygen atoms in total. The van der Waals surface area contributed by atoms with Gasteiger partial charge in [-0.3, -0.25) is 0 Å². The van der Waals surface area contributed by atoms with E-state index in [2.05, 4.69) is 152 Å². The van der Waals surface area contributed by atoms with E-state index in [1.807, 2.05) is 0 Å². The monoisotopic (exact) mass is 796 g/mol. The number of aromatic hydroxyl groups is 1. The highest BCUT2D eigenvalue weighted by molar-refractivity contribution is 5.88. The van der Waals surface area contributed by atoms with E-state index in [9.17, 15) is 5.11 Å². The third-order valence-electron chi connectivity index (χ3n) is 16.4. The molecule has 6 saturated carbocycles. The molecular weight excluding hydrogens is 727 g/mol. The average Bonchev–Trinajstić information content (AvgIpc) is 3.19. The molecule has 0 saturated heterocycles. The summed E-state index contributed by atoms with van der Waals surface area (Å²) in [5.74, 6) is 5.29. The summed E-state index contributed by atoms with van der Waals surface area (Å²) >= 11 is 0. The Balaban J connectivity index is 1.08. The molecule has 2 heteroatoms. The van der Waals surface area contributed by atoms with E-state index in [1.165, 1.54) is 104 Å². The number of fused-ring (bicyclic) bond motifs is 2. The molecule has 0 radical (unpaired) electrons. The van der Waals surface area contributed by atoms with Crippen LogP contribution < -0.4 is 0 Å². The Morgan fingerprint density at radius 1 is 0.483 bits per heavy atom. The lowest BCUT2D eigenvalue weighted by atomic mass is 9.47. The van der Waals surface area contributed by atoms with Gasteiger partial charge >= 0.3 is 0 Å². The molecule has 0 spiro atoms. The van der Waals surface area contributed by atoms with Gasteiger partial charge in [0.2, 0.25) is 0 Å². The van der Waals surface area contributed by atoms with Gasteiger partial charge in [0, 0.05) is 22.3 Å². The SMILES string of the molecule is CC1CC2CC(C)CC(c3cc(-c4ccccc4-c4cccc(-c5ccccc5-c5cc(C(C)(C)C)cc(C67CC8CC(CC(C8)C6)C7)c5O)n4)cc(C(C)(C)C)c3)(C1)C2. The molecule has 6 aliphatic rings. The largest absolute Gasteiger partial charge is 0.507 e. The van der Waals surface area contributed by atoms with Gasteiger partial charge < -0.3 is 5.11 Å². The smallest absolute Gasteiger partial charge is 0.127 e. The van der Waals surface area contributed by atoms with Crippen molar-refractivity contribution in [1.29, 1.82) is 0 Å². The van der Waals surface area contributed by atoms with Gasteiger partial charge in [0.1, 0.15) is 5.75 Å². The van der Waals surface area contributed by atoms with E-state index in [-0.39, 0.29) is 21.7 Å². The number of benzene rings is 4. The fourth-order valence-corrected chi connectivity index (χ4v) is 14.3. The zero-order valence-electron chi connectivity index (χ0n) is 37.9. The molecule has 0 amide bonds. The Labute approximate surface area is 361 Å². The van der Waals surface area contributed by atoms with Crippen LogP contribution in [0.5, 0.6) is 5.75 Å². The minimum atomic E-state index is -0.0493. The Bertz CT molecular complexity index is 2380. The minimum Gasteiger partial charge on any atom is -0.507 e. The van der Waals surface area contributed by atoms with Crippen molar-refractivity contribution < 1.29 is 5.11 Å². The van der Waals surface area contributed by atoms with Crippen molar-refractivity contribution in [2.24, 2.45) is 35.5 Å². The molecule has 6 bridgehead atoms. The van der Waals surface area contributed by atoms with Gasteiger partial charge in [-0.05, 0) is 179 Å². The molecule has 60 heavy (non-hydrogen) atoms. The summed E-state index contributed by atoms with van der Waals surface area (Å²) in [6.45, 7) is 19.1. The van der Waals surface area contributed by atoms with Gasteiger partial charge in [0.05, 0.1) is 11.4 Å². The van der Waals surface area contributed by atoms with Crippen LogP contribution in [-0.2, 0) is 21.7 Å². The van der Waals surface area contributed by atoms with E-state index < -0.39 is 0 Å². The van der Waals surface area contributed by atoms with Crippen LogP contribution in [-0.4, -0.2) is 10.1 Å². The summed E-state index contributed by atoms with van der Waals surface area (Å²) < 4.78 is 0. The maximum absolute atomic E-state index is 12.6. The van der Waals surface area contributed by atoms with Gasteiger partial charge in [0.25, 0.3) is 0 Å². The zero-order valence-corrected chi connectivity index (χ0v) is 37.9. The van der Waals surface area contributed by atoms with Gasteiger partial charge in [-0.25, -0.2) is 4.98 Å². The number of hydrogen-bond donors (Lipinski definition) is 1. The predicted octanol–water partition coefficient (Wildman–Crippen LogP) is 15.6. The maximum Gasteiger partial charge on any atom is 0.127 e. The molecule has 1 N–H and O–H groups in total. The molecular formula is C58H69NO. The number of aromatic nitrogens is 1. The van der Waals surface area contributed by atoms with E-state index in [4.69, 9.17) is 4.98 Å². The summed E-state index contributed by atoms with van der Waals surface area (Å²) in [4.78, 5) is 5.53. The van der Waals surface area contributed by atoms with Crippen molar-refractivity contribution in [2.45, 2.75) is 148 Å². The molecule has 1 aromatic heterocycles. The van der Waals surface area contributed by atoms with E-state index in [0.29, 0.717) is 5.75 Å². The van der Waals surface area contributed by atoms with Crippen molar-refractivity contribution in [3.8, 4) is 50.5 Å². The third kappa shape index (κ3) is 7.06. The standard InChI is InChI=1S/C58H69NO/c1-36-20-38-21-37(2)31-57(30-36,32-38)45-26-42(25-43(27-45)55(3,4)5)46-14-9-11-16-48(46)52-18-13-19-53(59-52)49-17-12-10-15-47(49)50-28-44(56(6,7)8)29-51(54(50)60)58-33-39-22-40(34-58)24-41(23-39)35-58/h9-19,25-29,36-41,60H,20-24,30-35H2,1-8H3. The van der Waals surface area contributed by atoms with Crippen LogP contribution in [0.15, 0.2) is 97.1 Å². The molecule has 4 aromatic carbocycles. The molecule has 1 heterocycles. The second kappa shape index (κ2) is 14.5. The summed E-state index contributed by atoms with van der Waals surface area (Å²) in [5, 5.41) is 12.6. The lowest BCUT2D eigenvalue weighted by molar-refractivity contribution is -0.00615. The fourth-order valence-electron chi connectivity index (χ4n) is 14.3. The Kier molecular flexibility index (Phi) is 9.62. The molecule has 2 atom stereocenters. The molecule has 312 valence electrons. The van der Waals surface area contributed by atoms with Crippen molar-refractivity contribution >= 4 is 0 Å². The molecule has 6 aliphatic carbocycles. The summed E-state index contributed by atoms with van der Waals surface area (Å²) in [6.07, 6.45) is 14.5. The first-order valence-electron chi connectivity index (χ1n) is 23.8. The first-order chi connectivity index (χ1) is 28.6. The van der Waals surface area contributed by atoms with Crippen molar-refractivity contribution in [2.75, 3.05) is 0 Å². The average molecular weight is 796 g/mol. The van der Waals surface area contributed by atoms with E-state index >= 15 is 0 Å². The quantitative estimate of drug-likeness (QED) is 0.186. The number of pyridine rings is 1. The highest BCUT2D eigenvalue weighted by Crippen LogP contribution is 2.63. The first kappa shape index (κ1) is 39.9. The van der Waals surface area contributed by atoms with Crippen molar-refractivity contribution in [3.63, 3.8) is 0 Å². The lowest BCUT2D eigenvalue weighted by Gasteiger charge is -2.57. The molecule has 0 aliphatic heterocycles. The first-order valence-corrected chi connectivity index (χ1v) is 23.8. The fraction of sp³-hybridized carbons (Fsp3) is 0.500. The molecule has 6 fully saturated rings. The number of phenols is 1. The van der Waals surface area contributed by atoms with Gasteiger partial charge in [-0.2, -0.15) is 0 Å². The maximum atomic E-state index is 12.6. The molecule has 2 unspecified atom stereocenters. The van der Waals surface area contributed by atoms with Crippen LogP contribution in [0, 0.1) is 35.5 Å². The topological polar surface area (TPSA) is 33.1 Å².